The zero-order valence-corrected chi connectivity index (χ0v) is 15.1. The third-order valence-electron chi connectivity index (χ3n) is 3.92. The maximum Gasteiger partial charge on any atom is 0.250 e. The van der Waals surface area contributed by atoms with Crippen molar-refractivity contribution in [3.05, 3.63) is 42.1 Å². The largest absolute Gasteiger partial charge is 0.488 e. The van der Waals surface area contributed by atoms with Gasteiger partial charge in [-0.05, 0) is 44.4 Å². The van der Waals surface area contributed by atoms with E-state index in [1.807, 2.05) is 0 Å². The van der Waals surface area contributed by atoms with Gasteiger partial charge in [-0.1, -0.05) is 43.7 Å². The molecule has 2 aromatic rings. The number of anilines is 1. The van der Waals surface area contributed by atoms with E-state index in [0.29, 0.717) is 24.1 Å². The predicted molar refractivity (Wildman–Crippen MR) is 104 cm³/mol. The molecule has 0 aliphatic heterocycles. The molecular formula is C20H28N4O. The lowest BCUT2D eigenvalue weighted by molar-refractivity contribution is 0.304. The number of hydrogen-bond donors (Lipinski definition) is 1. The number of unbranched alkanes of at least 4 members (excludes halogenated alkanes) is 3. The molecule has 0 radical (unpaired) electrons. The molecule has 0 fully saturated rings. The fourth-order valence-electron chi connectivity index (χ4n) is 2.49. The van der Waals surface area contributed by atoms with E-state index < -0.39 is 0 Å². The number of hydrogen-bond acceptors (Lipinski definition) is 5. The zero-order chi connectivity index (χ0) is 17.7. The van der Waals surface area contributed by atoms with E-state index >= 15 is 0 Å². The van der Waals surface area contributed by atoms with E-state index in [2.05, 4.69) is 64.3 Å². The third kappa shape index (κ3) is 6.91. The number of nitrogens with zero attached hydrogens (tertiary/aromatic N) is 3. The Morgan fingerprint density at radius 1 is 1.12 bits per heavy atom. The van der Waals surface area contributed by atoms with Crippen LogP contribution in [-0.4, -0.2) is 29.8 Å². The lowest BCUT2D eigenvalue weighted by Crippen LogP contribution is -2.07. The summed E-state index contributed by atoms with van der Waals surface area (Å²) in [5.74, 6) is 1.76. The fraction of sp³-hybridized carbons (Fsp3) is 0.450. The molecule has 0 spiro atoms. The summed E-state index contributed by atoms with van der Waals surface area (Å²) < 4.78 is 5.87. The molecule has 5 heteroatoms. The highest BCUT2D eigenvalue weighted by atomic mass is 16.5. The Morgan fingerprint density at radius 3 is 2.72 bits per heavy atom. The number of aromatic nitrogens is 2. The van der Waals surface area contributed by atoms with Gasteiger partial charge in [-0.25, -0.2) is 9.98 Å². The molecule has 1 aromatic heterocycles. The average Bonchev–Trinajstić information content (AvgIpc) is 2.66. The number of benzene rings is 1. The van der Waals surface area contributed by atoms with Crippen molar-refractivity contribution >= 4 is 18.5 Å². The van der Waals surface area contributed by atoms with Crippen molar-refractivity contribution in [1.82, 2.24) is 9.97 Å². The number of ether oxygens (including phenoxy) is 1. The minimum absolute atomic E-state index is 0.370. The summed E-state index contributed by atoms with van der Waals surface area (Å²) in [7, 11) is 0. The van der Waals surface area contributed by atoms with E-state index in [1.54, 1.807) is 6.20 Å². The van der Waals surface area contributed by atoms with Gasteiger partial charge < -0.3 is 10.1 Å². The number of rotatable bonds is 12. The molecule has 0 unspecified atom stereocenters. The van der Waals surface area contributed by atoms with Gasteiger partial charge in [-0.15, -0.1) is 0 Å². The smallest absolute Gasteiger partial charge is 0.250 e. The molecule has 0 amide bonds. The fourth-order valence-corrected chi connectivity index (χ4v) is 2.49. The quantitative estimate of drug-likeness (QED) is 0.445. The molecule has 1 heterocycles. The van der Waals surface area contributed by atoms with Crippen molar-refractivity contribution in [3.8, 4) is 5.75 Å². The molecule has 5 nitrogen and oxygen atoms in total. The maximum absolute atomic E-state index is 5.87. The zero-order valence-electron chi connectivity index (χ0n) is 15.1. The first-order chi connectivity index (χ1) is 12.3. The Hall–Kier alpha value is -2.43. The van der Waals surface area contributed by atoms with E-state index in [4.69, 9.17) is 4.74 Å². The monoisotopic (exact) mass is 340 g/mol. The van der Waals surface area contributed by atoms with Crippen LogP contribution in [-0.2, 0) is 6.42 Å². The van der Waals surface area contributed by atoms with Crippen LogP contribution in [0.3, 0.4) is 0 Å². The average molecular weight is 340 g/mol. The molecule has 0 saturated carbocycles. The Bertz CT molecular complexity index is 631. The molecule has 0 bridgehead atoms. The van der Waals surface area contributed by atoms with Crippen molar-refractivity contribution in [2.45, 2.75) is 45.4 Å². The van der Waals surface area contributed by atoms with Crippen molar-refractivity contribution in [2.75, 3.05) is 18.5 Å². The first-order valence-electron chi connectivity index (χ1n) is 9.08. The van der Waals surface area contributed by atoms with Gasteiger partial charge in [0.15, 0.2) is 11.6 Å². The SMILES string of the molecule is C=Nc1ncc(OCCCCCc2ccccc2)c(NCCCC)n1. The molecular weight excluding hydrogens is 312 g/mol. The lowest BCUT2D eigenvalue weighted by Gasteiger charge is -2.12. The van der Waals surface area contributed by atoms with Gasteiger partial charge in [0.2, 0.25) is 0 Å². The molecule has 2 rings (SSSR count). The molecule has 25 heavy (non-hydrogen) atoms. The first-order valence-corrected chi connectivity index (χ1v) is 9.08. The summed E-state index contributed by atoms with van der Waals surface area (Å²) in [6, 6.07) is 10.6. The highest BCUT2D eigenvalue weighted by molar-refractivity contribution is 5.52. The maximum atomic E-state index is 5.87. The van der Waals surface area contributed by atoms with Gasteiger partial charge in [-0.3, -0.25) is 0 Å². The van der Waals surface area contributed by atoms with Gasteiger partial charge in [0.25, 0.3) is 5.95 Å². The second-order valence-corrected chi connectivity index (χ2v) is 5.97. The van der Waals surface area contributed by atoms with Crippen molar-refractivity contribution < 1.29 is 4.74 Å². The topological polar surface area (TPSA) is 59.4 Å². The van der Waals surface area contributed by atoms with E-state index in [0.717, 1.165) is 38.6 Å². The van der Waals surface area contributed by atoms with Crippen LogP contribution in [0.4, 0.5) is 11.8 Å². The van der Waals surface area contributed by atoms with Gasteiger partial charge in [0.05, 0.1) is 12.8 Å². The second-order valence-electron chi connectivity index (χ2n) is 5.97. The molecule has 0 atom stereocenters. The Kier molecular flexibility index (Phi) is 8.45. The summed E-state index contributed by atoms with van der Waals surface area (Å²) in [6.45, 7) is 7.16. The minimum Gasteiger partial charge on any atom is -0.488 e. The standard InChI is InChI=1S/C20H28N4O/c1-3-4-14-22-19-18(16-23-20(21-2)24-19)25-15-10-6-9-13-17-11-7-5-8-12-17/h5,7-8,11-12,16H,2-4,6,9-10,13-15H2,1H3,(H,22,23,24). The van der Waals surface area contributed by atoms with Crippen LogP contribution in [0.25, 0.3) is 0 Å². The van der Waals surface area contributed by atoms with Crippen molar-refractivity contribution in [3.63, 3.8) is 0 Å². The van der Waals surface area contributed by atoms with Crippen molar-refractivity contribution in [2.24, 2.45) is 4.99 Å². The molecule has 0 aliphatic rings. The molecule has 1 N–H and O–H groups in total. The van der Waals surface area contributed by atoms with E-state index in [-0.39, 0.29) is 0 Å². The van der Waals surface area contributed by atoms with Crippen LogP contribution in [0.5, 0.6) is 5.75 Å². The van der Waals surface area contributed by atoms with Crippen LogP contribution >= 0.6 is 0 Å². The molecule has 1 aromatic carbocycles. The summed E-state index contributed by atoms with van der Waals surface area (Å²) in [5, 5.41) is 3.30. The highest BCUT2D eigenvalue weighted by Crippen LogP contribution is 2.23. The Balaban J connectivity index is 1.74. The molecule has 0 saturated heterocycles. The number of aliphatic imine (C=N–C) groups is 1. The predicted octanol–water partition coefficient (Wildman–Crippen LogP) is 4.81. The summed E-state index contributed by atoms with van der Waals surface area (Å²) in [4.78, 5) is 12.3. The normalized spacial score (nSPS) is 10.4. The van der Waals surface area contributed by atoms with E-state index in [9.17, 15) is 0 Å². The summed E-state index contributed by atoms with van der Waals surface area (Å²) in [5.41, 5.74) is 1.40. The molecule has 134 valence electrons. The van der Waals surface area contributed by atoms with Crippen LogP contribution < -0.4 is 10.1 Å². The Morgan fingerprint density at radius 2 is 1.96 bits per heavy atom. The third-order valence-corrected chi connectivity index (χ3v) is 3.92. The van der Waals surface area contributed by atoms with Crippen molar-refractivity contribution in [1.29, 1.82) is 0 Å². The van der Waals surface area contributed by atoms with Gasteiger partial charge in [-0.2, -0.15) is 4.98 Å². The van der Waals surface area contributed by atoms with Gasteiger partial charge in [0.1, 0.15) is 0 Å². The first kappa shape index (κ1) is 18.9. The van der Waals surface area contributed by atoms with Crippen LogP contribution in [0.1, 0.15) is 44.6 Å². The van der Waals surface area contributed by atoms with E-state index in [1.165, 1.54) is 12.0 Å². The minimum atomic E-state index is 0.370. The number of nitrogens with one attached hydrogen (secondary N) is 1. The number of aryl methyl sites for hydroxylation is 1. The van der Waals surface area contributed by atoms with Crippen LogP contribution in [0.15, 0.2) is 41.5 Å². The molecule has 0 aliphatic carbocycles. The van der Waals surface area contributed by atoms with Gasteiger partial charge >= 0.3 is 0 Å². The van der Waals surface area contributed by atoms with Gasteiger partial charge in [0, 0.05) is 6.54 Å². The summed E-state index contributed by atoms with van der Waals surface area (Å²) in [6.07, 6.45) is 8.33. The second kappa shape index (κ2) is 11.2. The van der Waals surface area contributed by atoms with Crippen LogP contribution in [0.2, 0.25) is 0 Å². The summed E-state index contributed by atoms with van der Waals surface area (Å²) >= 11 is 0. The van der Waals surface area contributed by atoms with Crippen LogP contribution in [0, 0.1) is 0 Å². The lowest BCUT2D eigenvalue weighted by atomic mass is 10.1. The Labute approximate surface area is 150 Å². The highest BCUT2D eigenvalue weighted by Gasteiger charge is 2.07.